The van der Waals surface area contributed by atoms with Crippen LogP contribution in [0.2, 0.25) is 0 Å². The summed E-state index contributed by atoms with van der Waals surface area (Å²) >= 11 is 2.07. The zero-order valence-electron chi connectivity index (χ0n) is 29.9. The van der Waals surface area contributed by atoms with Crippen LogP contribution in [0.25, 0.3) is 11.2 Å². The number of ether oxygens (including phenoxy) is 2. The Balaban J connectivity index is 1.28. The maximum absolute atomic E-state index is 12.5. The fourth-order valence-electron chi connectivity index (χ4n) is 6.15. The van der Waals surface area contributed by atoms with Gasteiger partial charge in [0.2, 0.25) is 0 Å². The standard InChI is InChI=1S/C35H64N5O6PS/c1-4-6-8-10-11-12-13-14-16-18-25-48-31(20-17-15-9-7-5-2)29(3)43-23-19-24-44-47(41,42)45-26-30-21-22-32(46-30)40-28-39-33-34(36)37-27-38-35(33)40/h27-32H,4-26H2,1-3H3,(H,41,42)(H2,36,37,38)/t29?,30-,31?,32+/m0/s1. The number of thioether (sulfide) groups is 1. The summed E-state index contributed by atoms with van der Waals surface area (Å²) in [5, 5.41) is 0.471. The van der Waals surface area contributed by atoms with Crippen molar-refractivity contribution in [1.82, 2.24) is 19.5 Å². The Labute approximate surface area is 293 Å². The molecular weight excluding hydrogens is 649 g/mol. The van der Waals surface area contributed by atoms with Gasteiger partial charge in [0.25, 0.3) is 0 Å². The molecule has 0 spiro atoms. The summed E-state index contributed by atoms with van der Waals surface area (Å²) in [4.78, 5) is 22.8. The van der Waals surface area contributed by atoms with Gasteiger partial charge in [-0.15, -0.1) is 0 Å². The number of rotatable bonds is 29. The predicted octanol–water partition coefficient (Wildman–Crippen LogP) is 9.40. The maximum atomic E-state index is 12.5. The highest BCUT2D eigenvalue weighted by Gasteiger charge is 2.31. The molecule has 3 N–H and O–H groups in total. The smallest absolute Gasteiger partial charge is 0.382 e. The number of phosphoric acid groups is 1. The summed E-state index contributed by atoms with van der Waals surface area (Å²) in [5.74, 6) is 1.50. The second-order valence-corrected chi connectivity index (χ2v) is 16.0. The number of hydrogen-bond donors (Lipinski definition) is 2. The van der Waals surface area contributed by atoms with Crippen LogP contribution in [0, 0.1) is 0 Å². The van der Waals surface area contributed by atoms with E-state index in [9.17, 15) is 9.46 Å². The van der Waals surface area contributed by atoms with Gasteiger partial charge in [0, 0.05) is 11.9 Å². The second-order valence-electron chi connectivity index (χ2n) is 13.2. The zero-order valence-corrected chi connectivity index (χ0v) is 31.6. The lowest BCUT2D eigenvalue weighted by atomic mass is 10.1. The van der Waals surface area contributed by atoms with E-state index in [2.05, 4.69) is 47.5 Å². The topological polar surface area (TPSA) is 144 Å². The third-order valence-electron chi connectivity index (χ3n) is 9.08. The summed E-state index contributed by atoms with van der Waals surface area (Å²) < 4.78 is 37.1. The van der Waals surface area contributed by atoms with Crippen molar-refractivity contribution in [2.75, 3.05) is 31.3 Å². The van der Waals surface area contributed by atoms with Crippen molar-refractivity contribution in [3.63, 3.8) is 0 Å². The molecule has 2 aromatic heterocycles. The van der Waals surface area contributed by atoms with Gasteiger partial charge < -0.3 is 20.1 Å². The first-order chi connectivity index (χ1) is 23.3. The molecule has 13 heteroatoms. The molecule has 0 bridgehead atoms. The lowest BCUT2D eigenvalue weighted by molar-refractivity contribution is -0.0227. The van der Waals surface area contributed by atoms with Crippen molar-refractivity contribution >= 4 is 36.6 Å². The minimum absolute atomic E-state index is 0.0439. The van der Waals surface area contributed by atoms with Crippen LogP contribution < -0.4 is 5.73 Å². The molecule has 3 unspecified atom stereocenters. The fraction of sp³-hybridized carbons (Fsp3) is 0.857. The molecule has 5 atom stereocenters. The first kappa shape index (κ1) is 41.2. The Morgan fingerprint density at radius 1 is 0.917 bits per heavy atom. The van der Waals surface area contributed by atoms with Crippen molar-refractivity contribution in [1.29, 1.82) is 0 Å². The van der Waals surface area contributed by atoms with E-state index in [0.29, 0.717) is 48.1 Å². The molecule has 276 valence electrons. The number of unbranched alkanes of at least 4 members (excludes halogenated alkanes) is 13. The Kier molecular flexibility index (Phi) is 20.6. The first-order valence-corrected chi connectivity index (χ1v) is 21.3. The van der Waals surface area contributed by atoms with Gasteiger partial charge in [-0.2, -0.15) is 11.8 Å². The number of hydrogen-bond acceptors (Lipinski definition) is 10. The normalized spacial score (nSPS) is 19.2. The Hall–Kier alpha value is -1.27. The highest BCUT2D eigenvalue weighted by molar-refractivity contribution is 7.99. The molecule has 1 fully saturated rings. The summed E-state index contributed by atoms with van der Waals surface area (Å²) in [5.41, 5.74) is 7.00. The van der Waals surface area contributed by atoms with Crippen LogP contribution in [0.1, 0.15) is 149 Å². The number of nitrogens with zero attached hydrogens (tertiary/aromatic N) is 4. The van der Waals surface area contributed by atoms with Gasteiger partial charge in [0.1, 0.15) is 18.1 Å². The lowest BCUT2D eigenvalue weighted by Gasteiger charge is -2.24. The molecule has 48 heavy (non-hydrogen) atoms. The molecule has 0 aromatic carbocycles. The average molecular weight is 714 g/mol. The SMILES string of the molecule is CCCCCCCCCCCCSC(CCCCCCC)C(C)OCCCOP(=O)(O)OC[C@@H]1CC[C@H](n2cnc3c(N)ncnc32)O1. The van der Waals surface area contributed by atoms with E-state index in [-0.39, 0.29) is 31.6 Å². The number of aromatic nitrogens is 4. The Morgan fingerprint density at radius 2 is 1.58 bits per heavy atom. The van der Waals surface area contributed by atoms with E-state index >= 15 is 0 Å². The molecule has 3 rings (SSSR count). The maximum Gasteiger partial charge on any atom is 0.472 e. The van der Waals surface area contributed by atoms with E-state index in [1.54, 1.807) is 10.9 Å². The number of imidazole rings is 1. The number of nitrogen functional groups attached to an aromatic ring is 1. The van der Waals surface area contributed by atoms with E-state index < -0.39 is 7.82 Å². The Bertz CT molecular complexity index is 1180. The third-order valence-corrected chi connectivity index (χ3v) is 11.6. The summed E-state index contributed by atoms with van der Waals surface area (Å²) in [6.07, 6.45) is 25.5. The van der Waals surface area contributed by atoms with E-state index in [1.807, 2.05) is 0 Å². The van der Waals surface area contributed by atoms with Crippen molar-refractivity contribution < 1.29 is 28.0 Å². The van der Waals surface area contributed by atoms with Crippen LogP contribution >= 0.6 is 19.6 Å². The van der Waals surface area contributed by atoms with Crippen LogP contribution in [-0.2, 0) is 23.1 Å². The second kappa shape index (κ2) is 24.0. The minimum Gasteiger partial charge on any atom is -0.382 e. The van der Waals surface area contributed by atoms with Gasteiger partial charge in [-0.3, -0.25) is 13.6 Å². The van der Waals surface area contributed by atoms with Crippen LogP contribution in [-0.4, -0.2) is 67.4 Å². The number of fused-ring (bicyclic) bond motifs is 1. The van der Waals surface area contributed by atoms with Crippen LogP contribution in [0.3, 0.4) is 0 Å². The summed E-state index contributed by atoms with van der Waals surface area (Å²) in [6.45, 7) is 7.22. The monoisotopic (exact) mass is 713 g/mol. The van der Waals surface area contributed by atoms with Crippen LogP contribution in [0.5, 0.6) is 0 Å². The first-order valence-electron chi connectivity index (χ1n) is 18.8. The van der Waals surface area contributed by atoms with Crippen molar-refractivity contribution in [3.05, 3.63) is 12.7 Å². The predicted molar refractivity (Wildman–Crippen MR) is 196 cm³/mol. The number of phosphoric ester groups is 1. The number of anilines is 1. The highest BCUT2D eigenvalue weighted by Crippen LogP contribution is 2.44. The van der Waals surface area contributed by atoms with Crippen molar-refractivity contribution in [3.8, 4) is 0 Å². The summed E-state index contributed by atoms with van der Waals surface area (Å²) in [6, 6.07) is 0. The quantitative estimate of drug-likeness (QED) is 0.0614. The van der Waals surface area contributed by atoms with Crippen molar-refractivity contribution in [2.24, 2.45) is 0 Å². The van der Waals surface area contributed by atoms with E-state index in [0.717, 1.165) is 0 Å². The van der Waals surface area contributed by atoms with Gasteiger partial charge in [-0.25, -0.2) is 19.5 Å². The molecule has 2 aromatic rings. The molecular formula is C35H64N5O6PS. The summed E-state index contributed by atoms with van der Waals surface area (Å²) in [7, 11) is -4.21. The van der Waals surface area contributed by atoms with Crippen LogP contribution in [0.15, 0.2) is 12.7 Å². The average Bonchev–Trinajstić information content (AvgIpc) is 3.73. The molecule has 0 aliphatic carbocycles. The molecule has 1 saturated heterocycles. The molecule has 3 heterocycles. The third kappa shape index (κ3) is 15.7. The van der Waals surface area contributed by atoms with Gasteiger partial charge in [0.15, 0.2) is 11.5 Å². The van der Waals surface area contributed by atoms with Gasteiger partial charge in [-0.05, 0) is 44.8 Å². The fourth-order valence-corrected chi connectivity index (χ4v) is 8.30. The van der Waals surface area contributed by atoms with Gasteiger partial charge in [0.05, 0.1) is 31.7 Å². The van der Waals surface area contributed by atoms with E-state index in [1.165, 1.54) is 115 Å². The number of nitrogens with two attached hydrogens (primary N) is 1. The molecule has 1 aliphatic heterocycles. The minimum atomic E-state index is -4.21. The lowest BCUT2D eigenvalue weighted by Crippen LogP contribution is -2.25. The molecule has 1 aliphatic rings. The largest absolute Gasteiger partial charge is 0.472 e. The van der Waals surface area contributed by atoms with Crippen LogP contribution in [0.4, 0.5) is 5.82 Å². The highest BCUT2D eigenvalue weighted by atomic mass is 32.2. The molecule has 0 radical (unpaired) electrons. The van der Waals surface area contributed by atoms with Gasteiger partial charge in [-0.1, -0.05) is 104 Å². The molecule has 0 saturated carbocycles. The molecule has 0 amide bonds. The molecule has 11 nitrogen and oxygen atoms in total. The Morgan fingerprint density at radius 3 is 2.29 bits per heavy atom. The van der Waals surface area contributed by atoms with Gasteiger partial charge >= 0.3 is 7.82 Å². The zero-order chi connectivity index (χ0) is 34.5. The van der Waals surface area contributed by atoms with E-state index in [4.69, 9.17) is 24.3 Å². The van der Waals surface area contributed by atoms with Crippen molar-refractivity contribution in [2.45, 2.75) is 166 Å².